The number of para-hydroxylation sites is 1. The van der Waals surface area contributed by atoms with Gasteiger partial charge in [-0.25, -0.2) is 4.98 Å². The fourth-order valence-corrected chi connectivity index (χ4v) is 2.10. The molecule has 86 valence electrons. The molecule has 0 saturated carbocycles. The standard InChI is InChI=1S/C9H5N3O4S/c10-12-6-4-11-8-5(9(6)13)2-1-3-7(8)17(14,15)16/h1-4H,(H-,11,13,14,15,16). The van der Waals surface area contributed by atoms with Gasteiger partial charge in [0.15, 0.2) is 4.98 Å². The van der Waals surface area contributed by atoms with E-state index in [0.29, 0.717) is 0 Å². The van der Waals surface area contributed by atoms with Gasteiger partial charge in [0, 0.05) is 11.1 Å². The van der Waals surface area contributed by atoms with E-state index in [9.17, 15) is 13.5 Å². The molecule has 0 aliphatic rings. The van der Waals surface area contributed by atoms with Crippen molar-refractivity contribution >= 4 is 26.7 Å². The van der Waals surface area contributed by atoms with Crippen LogP contribution in [0.2, 0.25) is 0 Å². The van der Waals surface area contributed by atoms with E-state index in [1.807, 2.05) is 0 Å². The summed E-state index contributed by atoms with van der Waals surface area (Å²) < 4.78 is 31.1. The Morgan fingerprint density at radius 1 is 1.41 bits per heavy atom. The SMILES string of the molecule is N#[N+]c1cnc2c(S(=O)(=O)O)cccc2c1[O-]. The second kappa shape index (κ2) is 3.65. The minimum atomic E-state index is -4.46. The third-order valence-electron chi connectivity index (χ3n) is 2.18. The molecule has 2 rings (SSSR count). The Morgan fingerprint density at radius 3 is 2.71 bits per heavy atom. The zero-order chi connectivity index (χ0) is 12.6. The van der Waals surface area contributed by atoms with Crippen LogP contribution in [0.4, 0.5) is 5.69 Å². The van der Waals surface area contributed by atoms with Gasteiger partial charge in [0.2, 0.25) is 5.39 Å². The molecule has 7 nitrogen and oxygen atoms in total. The van der Waals surface area contributed by atoms with Gasteiger partial charge in [0.05, 0.1) is 5.52 Å². The van der Waals surface area contributed by atoms with E-state index in [-0.39, 0.29) is 16.6 Å². The number of diazo groups is 1. The van der Waals surface area contributed by atoms with Gasteiger partial charge in [0.1, 0.15) is 11.1 Å². The monoisotopic (exact) mass is 251 g/mol. The molecule has 17 heavy (non-hydrogen) atoms. The molecule has 0 spiro atoms. The molecule has 0 aliphatic carbocycles. The zero-order valence-electron chi connectivity index (χ0n) is 8.23. The molecule has 0 amide bonds. The van der Waals surface area contributed by atoms with E-state index in [1.54, 1.807) is 0 Å². The summed E-state index contributed by atoms with van der Waals surface area (Å²) in [5, 5.41) is 20.1. The van der Waals surface area contributed by atoms with Gasteiger partial charge in [0.25, 0.3) is 10.1 Å². The minimum absolute atomic E-state index is 0.0459. The van der Waals surface area contributed by atoms with Crippen molar-refractivity contribution in [1.82, 2.24) is 4.98 Å². The number of aromatic nitrogens is 1. The first kappa shape index (κ1) is 11.3. The number of hydrogen-bond donors (Lipinski definition) is 1. The van der Waals surface area contributed by atoms with Crippen LogP contribution in [0.15, 0.2) is 29.3 Å². The average Bonchev–Trinajstić information content (AvgIpc) is 2.28. The first-order valence-electron chi connectivity index (χ1n) is 4.36. The lowest BCUT2D eigenvalue weighted by atomic mass is 10.2. The van der Waals surface area contributed by atoms with Crippen molar-refractivity contribution in [3.8, 4) is 5.75 Å². The van der Waals surface area contributed by atoms with Crippen molar-refractivity contribution in [3.63, 3.8) is 0 Å². The maximum absolute atomic E-state index is 11.7. The lowest BCUT2D eigenvalue weighted by molar-refractivity contribution is -0.264. The van der Waals surface area contributed by atoms with E-state index in [4.69, 9.17) is 9.95 Å². The van der Waals surface area contributed by atoms with Crippen LogP contribution in [0.3, 0.4) is 0 Å². The molecule has 1 aromatic heterocycles. The molecule has 1 N–H and O–H groups in total. The molecular formula is C9H5N3O4S. The zero-order valence-corrected chi connectivity index (χ0v) is 9.05. The van der Waals surface area contributed by atoms with E-state index in [1.165, 1.54) is 12.1 Å². The molecule has 0 atom stereocenters. The summed E-state index contributed by atoms with van der Waals surface area (Å²) in [6, 6.07) is 3.74. The number of pyridine rings is 1. The number of benzene rings is 1. The lowest BCUT2D eigenvalue weighted by Crippen LogP contribution is -2.01. The van der Waals surface area contributed by atoms with Gasteiger partial charge < -0.3 is 5.11 Å². The molecule has 1 aromatic carbocycles. The van der Waals surface area contributed by atoms with Crippen LogP contribution >= 0.6 is 0 Å². The second-order valence-electron chi connectivity index (χ2n) is 3.20. The van der Waals surface area contributed by atoms with Crippen LogP contribution in [-0.4, -0.2) is 18.0 Å². The van der Waals surface area contributed by atoms with Crippen LogP contribution < -0.4 is 5.11 Å². The Balaban J connectivity index is 2.96. The Kier molecular flexibility index (Phi) is 2.42. The van der Waals surface area contributed by atoms with Gasteiger partial charge in [-0.3, -0.25) is 4.55 Å². The Hall–Kier alpha value is -2.24. The normalized spacial score (nSPS) is 11.3. The summed E-state index contributed by atoms with van der Waals surface area (Å²) in [5.41, 5.74) is -0.461. The minimum Gasteiger partial charge on any atom is -0.867 e. The first-order chi connectivity index (χ1) is 7.95. The smallest absolute Gasteiger partial charge is 0.396 e. The Labute approximate surface area is 95.7 Å². The van der Waals surface area contributed by atoms with Crippen molar-refractivity contribution in [3.05, 3.63) is 29.4 Å². The summed E-state index contributed by atoms with van der Waals surface area (Å²) in [6.07, 6.45) is 0.930. The summed E-state index contributed by atoms with van der Waals surface area (Å²) in [5.74, 6) is -0.664. The van der Waals surface area contributed by atoms with Gasteiger partial charge in [-0.05, 0) is 6.07 Å². The van der Waals surface area contributed by atoms with Crippen LogP contribution in [0.5, 0.6) is 5.75 Å². The Morgan fingerprint density at radius 2 is 2.12 bits per heavy atom. The third-order valence-corrected chi connectivity index (χ3v) is 3.06. The van der Waals surface area contributed by atoms with Crippen molar-refractivity contribution < 1.29 is 18.1 Å². The first-order valence-corrected chi connectivity index (χ1v) is 5.80. The topological polar surface area (TPSA) is 118 Å². The number of nitrogens with zero attached hydrogens (tertiary/aromatic N) is 3. The molecule has 1 heterocycles. The fraction of sp³-hybridized carbons (Fsp3) is 0. The van der Waals surface area contributed by atoms with Crippen LogP contribution in [-0.2, 0) is 10.1 Å². The highest BCUT2D eigenvalue weighted by atomic mass is 32.2. The quantitative estimate of drug-likeness (QED) is 0.597. The molecule has 8 heteroatoms. The summed E-state index contributed by atoms with van der Waals surface area (Å²) in [4.78, 5) is 5.95. The predicted molar refractivity (Wildman–Crippen MR) is 55.7 cm³/mol. The molecule has 0 radical (unpaired) electrons. The van der Waals surface area contributed by atoms with E-state index in [2.05, 4.69) is 9.96 Å². The summed E-state index contributed by atoms with van der Waals surface area (Å²) in [7, 11) is -4.46. The molecule has 0 unspecified atom stereocenters. The largest absolute Gasteiger partial charge is 0.867 e. The highest BCUT2D eigenvalue weighted by molar-refractivity contribution is 7.86. The summed E-state index contributed by atoms with van der Waals surface area (Å²) >= 11 is 0. The van der Waals surface area contributed by atoms with Crippen molar-refractivity contribution in [1.29, 1.82) is 5.39 Å². The van der Waals surface area contributed by atoms with E-state index < -0.39 is 20.8 Å². The highest BCUT2D eigenvalue weighted by Crippen LogP contribution is 2.33. The predicted octanol–water partition coefficient (Wildman–Crippen LogP) is 1.04. The summed E-state index contributed by atoms with van der Waals surface area (Å²) in [6.45, 7) is 0. The van der Waals surface area contributed by atoms with E-state index >= 15 is 0 Å². The van der Waals surface area contributed by atoms with E-state index in [0.717, 1.165) is 12.3 Å². The Bertz CT molecular complexity index is 749. The van der Waals surface area contributed by atoms with Crippen molar-refractivity contribution in [2.75, 3.05) is 0 Å². The average molecular weight is 251 g/mol. The fourth-order valence-electron chi connectivity index (χ4n) is 1.44. The highest BCUT2D eigenvalue weighted by Gasteiger charge is 2.18. The maximum atomic E-state index is 11.7. The lowest BCUT2D eigenvalue weighted by Gasteiger charge is -2.08. The third kappa shape index (κ3) is 1.77. The molecule has 0 fully saturated rings. The molecule has 0 saturated heterocycles. The maximum Gasteiger partial charge on any atom is 0.396 e. The van der Waals surface area contributed by atoms with Gasteiger partial charge in [-0.2, -0.15) is 8.42 Å². The second-order valence-corrected chi connectivity index (χ2v) is 4.59. The molecule has 2 aromatic rings. The van der Waals surface area contributed by atoms with Crippen molar-refractivity contribution in [2.45, 2.75) is 4.90 Å². The van der Waals surface area contributed by atoms with Gasteiger partial charge in [-0.15, -0.1) is 0 Å². The number of rotatable bonds is 1. The van der Waals surface area contributed by atoms with Crippen molar-refractivity contribution in [2.24, 2.45) is 0 Å². The number of hydrogen-bond acceptors (Lipinski definition) is 5. The number of fused-ring (bicyclic) bond motifs is 1. The van der Waals surface area contributed by atoms with Gasteiger partial charge in [-0.1, -0.05) is 12.1 Å². The van der Waals surface area contributed by atoms with Crippen LogP contribution in [0.25, 0.3) is 15.9 Å². The van der Waals surface area contributed by atoms with Crippen LogP contribution in [0.1, 0.15) is 0 Å². The molecular weight excluding hydrogens is 246 g/mol. The molecule has 0 bridgehead atoms. The molecule has 0 aliphatic heterocycles. The van der Waals surface area contributed by atoms with Crippen LogP contribution in [0, 0.1) is 5.39 Å². The van der Waals surface area contributed by atoms with Gasteiger partial charge >= 0.3 is 5.69 Å².